The number of halogens is 1. The highest BCUT2D eigenvalue weighted by atomic mass is 35.5. The highest BCUT2D eigenvalue weighted by Gasteiger charge is 2.36. The fourth-order valence-corrected chi connectivity index (χ4v) is 2.39. The van der Waals surface area contributed by atoms with Crippen LogP contribution < -0.4 is 15.4 Å². The SMILES string of the molecule is CCOc1ccc(NC(=O)C(C)(C)C(=O)Nc2cccc(Cl)c2C)cc1. The Morgan fingerprint density at radius 3 is 2.27 bits per heavy atom. The van der Waals surface area contributed by atoms with Crippen LogP contribution in [0, 0.1) is 12.3 Å². The third-order valence-corrected chi connectivity index (χ3v) is 4.48. The highest BCUT2D eigenvalue weighted by molar-refractivity contribution is 6.31. The van der Waals surface area contributed by atoms with Crippen LogP contribution in [0.1, 0.15) is 26.3 Å². The number of hydrogen-bond acceptors (Lipinski definition) is 3. The zero-order chi connectivity index (χ0) is 19.3. The quantitative estimate of drug-likeness (QED) is 0.723. The third-order valence-electron chi connectivity index (χ3n) is 4.07. The molecule has 0 unspecified atom stereocenters. The summed E-state index contributed by atoms with van der Waals surface area (Å²) < 4.78 is 5.37. The summed E-state index contributed by atoms with van der Waals surface area (Å²) in [6, 6.07) is 12.2. The van der Waals surface area contributed by atoms with Crippen molar-refractivity contribution in [2.75, 3.05) is 17.2 Å². The molecule has 0 spiro atoms. The summed E-state index contributed by atoms with van der Waals surface area (Å²) in [5.74, 6) is -0.0934. The maximum atomic E-state index is 12.6. The van der Waals surface area contributed by atoms with Gasteiger partial charge in [-0.3, -0.25) is 9.59 Å². The Labute approximate surface area is 158 Å². The number of ether oxygens (including phenoxy) is 1. The molecule has 6 heteroatoms. The first-order valence-electron chi connectivity index (χ1n) is 8.36. The summed E-state index contributed by atoms with van der Waals surface area (Å²) >= 11 is 6.08. The van der Waals surface area contributed by atoms with E-state index < -0.39 is 17.2 Å². The van der Waals surface area contributed by atoms with Gasteiger partial charge in [0, 0.05) is 16.4 Å². The summed E-state index contributed by atoms with van der Waals surface area (Å²) in [7, 11) is 0. The molecule has 2 rings (SSSR count). The van der Waals surface area contributed by atoms with E-state index in [0.29, 0.717) is 23.0 Å². The summed E-state index contributed by atoms with van der Waals surface area (Å²) in [4.78, 5) is 25.2. The molecule has 0 atom stereocenters. The van der Waals surface area contributed by atoms with Crippen molar-refractivity contribution in [3.05, 3.63) is 53.1 Å². The van der Waals surface area contributed by atoms with E-state index in [1.54, 1.807) is 56.3 Å². The van der Waals surface area contributed by atoms with Crippen LogP contribution >= 0.6 is 11.6 Å². The van der Waals surface area contributed by atoms with Gasteiger partial charge in [0.15, 0.2) is 0 Å². The Morgan fingerprint density at radius 1 is 1.04 bits per heavy atom. The molecule has 0 fully saturated rings. The Bertz CT molecular complexity index is 801. The van der Waals surface area contributed by atoms with Crippen LogP contribution in [0.15, 0.2) is 42.5 Å². The van der Waals surface area contributed by atoms with Crippen LogP contribution in [-0.4, -0.2) is 18.4 Å². The predicted molar refractivity (Wildman–Crippen MR) is 105 cm³/mol. The second-order valence-electron chi connectivity index (χ2n) is 6.40. The largest absolute Gasteiger partial charge is 0.494 e. The van der Waals surface area contributed by atoms with Gasteiger partial charge in [-0.05, 0) is 69.7 Å². The summed E-state index contributed by atoms with van der Waals surface area (Å²) in [6.07, 6.45) is 0. The van der Waals surface area contributed by atoms with Gasteiger partial charge in [0.1, 0.15) is 11.2 Å². The van der Waals surface area contributed by atoms with Crippen molar-refractivity contribution >= 4 is 34.8 Å². The van der Waals surface area contributed by atoms with E-state index in [9.17, 15) is 9.59 Å². The number of hydrogen-bond donors (Lipinski definition) is 2. The van der Waals surface area contributed by atoms with Gasteiger partial charge in [0.2, 0.25) is 11.8 Å². The molecule has 0 aromatic heterocycles. The maximum Gasteiger partial charge on any atom is 0.239 e. The molecule has 0 heterocycles. The monoisotopic (exact) mass is 374 g/mol. The number of amides is 2. The van der Waals surface area contributed by atoms with Gasteiger partial charge in [-0.25, -0.2) is 0 Å². The molecular formula is C20H23ClN2O3. The van der Waals surface area contributed by atoms with E-state index in [2.05, 4.69) is 10.6 Å². The number of carbonyl (C=O) groups excluding carboxylic acids is 2. The summed E-state index contributed by atoms with van der Waals surface area (Å²) in [5.41, 5.74) is 0.667. The lowest BCUT2D eigenvalue weighted by Gasteiger charge is -2.23. The molecule has 26 heavy (non-hydrogen) atoms. The van der Waals surface area contributed by atoms with Crippen LogP contribution in [0.25, 0.3) is 0 Å². The normalized spacial score (nSPS) is 11.0. The van der Waals surface area contributed by atoms with Gasteiger partial charge in [-0.1, -0.05) is 17.7 Å². The predicted octanol–water partition coefficient (Wildman–Crippen LogP) is 4.65. The minimum atomic E-state index is -1.27. The van der Waals surface area contributed by atoms with Crippen molar-refractivity contribution in [1.82, 2.24) is 0 Å². The van der Waals surface area contributed by atoms with Crippen molar-refractivity contribution in [2.45, 2.75) is 27.7 Å². The van der Waals surface area contributed by atoms with E-state index in [0.717, 1.165) is 11.3 Å². The molecule has 2 aromatic carbocycles. The Morgan fingerprint density at radius 2 is 1.65 bits per heavy atom. The van der Waals surface area contributed by atoms with Crippen molar-refractivity contribution in [3.63, 3.8) is 0 Å². The topological polar surface area (TPSA) is 67.4 Å². The minimum Gasteiger partial charge on any atom is -0.494 e. The van der Waals surface area contributed by atoms with E-state index in [1.807, 2.05) is 13.8 Å². The third kappa shape index (κ3) is 4.55. The Kier molecular flexibility index (Phi) is 6.27. The Hall–Kier alpha value is -2.53. The van der Waals surface area contributed by atoms with Crippen LogP contribution in [0.3, 0.4) is 0 Å². The Balaban J connectivity index is 2.08. The number of anilines is 2. The first-order valence-corrected chi connectivity index (χ1v) is 8.74. The molecule has 0 bridgehead atoms. The molecule has 5 nitrogen and oxygen atoms in total. The molecular weight excluding hydrogens is 352 g/mol. The van der Waals surface area contributed by atoms with Gasteiger partial charge in [-0.15, -0.1) is 0 Å². The van der Waals surface area contributed by atoms with Crippen molar-refractivity contribution < 1.29 is 14.3 Å². The van der Waals surface area contributed by atoms with Crippen LogP contribution in [0.2, 0.25) is 5.02 Å². The van der Waals surface area contributed by atoms with E-state index in [1.165, 1.54) is 0 Å². The summed E-state index contributed by atoms with van der Waals surface area (Å²) in [6.45, 7) is 7.43. The van der Waals surface area contributed by atoms with Crippen molar-refractivity contribution in [1.29, 1.82) is 0 Å². The van der Waals surface area contributed by atoms with Gasteiger partial charge >= 0.3 is 0 Å². The fraction of sp³-hybridized carbons (Fsp3) is 0.300. The number of nitrogens with one attached hydrogen (secondary N) is 2. The second-order valence-corrected chi connectivity index (χ2v) is 6.81. The molecule has 0 radical (unpaired) electrons. The summed E-state index contributed by atoms with van der Waals surface area (Å²) in [5, 5.41) is 6.10. The first-order chi connectivity index (χ1) is 12.3. The standard InChI is InChI=1S/C20H23ClN2O3/c1-5-26-15-11-9-14(10-12-15)22-18(24)20(3,4)19(25)23-17-8-6-7-16(21)13(17)2/h6-12H,5H2,1-4H3,(H,22,24)(H,23,25). The molecule has 138 valence electrons. The zero-order valence-electron chi connectivity index (χ0n) is 15.4. The number of carbonyl (C=O) groups is 2. The molecule has 0 aliphatic carbocycles. The van der Waals surface area contributed by atoms with Gasteiger partial charge < -0.3 is 15.4 Å². The van der Waals surface area contributed by atoms with E-state index >= 15 is 0 Å². The first kappa shape index (κ1) is 19.8. The fourth-order valence-electron chi connectivity index (χ4n) is 2.21. The lowest BCUT2D eigenvalue weighted by molar-refractivity contribution is -0.135. The molecule has 2 aromatic rings. The molecule has 0 saturated heterocycles. The second kappa shape index (κ2) is 8.23. The average molecular weight is 375 g/mol. The lowest BCUT2D eigenvalue weighted by atomic mass is 9.90. The van der Waals surface area contributed by atoms with Gasteiger partial charge in [-0.2, -0.15) is 0 Å². The van der Waals surface area contributed by atoms with Crippen molar-refractivity contribution in [3.8, 4) is 5.75 Å². The molecule has 0 aliphatic rings. The van der Waals surface area contributed by atoms with Crippen LogP contribution in [0.5, 0.6) is 5.75 Å². The average Bonchev–Trinajstić information content (AvgIpc) is 2.60. The number of benzene rings is 2. The maximum absolute atomic E-state index is 12.6. The van der Waals surface area contributed by atoms with E-state index in [4.69, 9.17) is 16.3 Å². The highest BCUT2D eigenvalue weighted by Crippen LogP contribution is 2.26. The zero-order valence-corrected chi connectivity index (χ0v) is 16.1. The van der Waals surface area contributed by atoms with Crippen molar-refractivity contribution in [2.24, 2.45) is 5.41 Å². The van der Waals surface area contributed by atoms with Gasteiger partial charge in [0.25, 0.3) is 0 Å². The lowest BCUT2D eigenvalue weighted by Crippen LogP contribution is -2.41. The molecule has 2 amide bonds. The molecule has 2 N–H and O–H groups in total. The van der Waals surface area contributed by atoms with Crippen LogP contribution in [-0.2, 0) is 9.59 Å². The molecule has 0 saturated carbocycles. The van der Waals surface area contributed by atoms with Crippen LogP contribution in [0.4, 0.5) is 11.4 Å². The van der Waals surface area contributed by atoms with Gasteiger partial charge in [0.05, 0.1) is 6.61 Å². The number of rotatable bonds is 6. The van der Waals surface area contributed by atoms with E-state index in [-0.39, 0.29) is 0 Å². The minimum absolute atomic E-state index is 0.404. The smallest absolute Gasteiger partial charge is 0.239 e. The molecule has 0 aliphatic heterocycles.